The summed E-state index contributed by atoms with van der Waals surface area (Å²) in [6.07, 6.45) is 6.32. The predicted molar refractivity (Wildman–Crippen MR) is 113 cm³/mol. The summed E-state index contributed by atoms with van der Waals surface area (Å²) >= 11 is 0. The minimum atomic E-state index is -1.10. The predicted octanol–water partition coefficient (Wildman–Crippen LogP) is 4.00. The number of nitrogens with zero attached hydrogens (tertiary/aromatic N) is 2. The maximum absolute atomic E-state index is 14.0. The number of piperidine rings is 1. The molecule has 156 valence electrons. The van der Waals surface area contributed by atoms with Gasteiger partial charge in [0.25, 0.3) is 5.88 Å². The minimum absolute atomic E-state index is 0.0318. The van der Waals surface area contributed by atoms with Crippen molar-refractivity contribution in [3.8, 4) is 17.7 Å². The molecule has 1 aromatic heterocycles. The van der Waals surface area contributed by atoms with Crippen molar-refractivity contribution in [2.75, 3.05) is 13.7 Å². The summed E-state index contributed by atoms with van der Waals surface area (Å²) in [7, 11) is 1.48. The molecule has 0 amide bonds. The van der Waals surface area contributed by atoms with Crippen LogP contribution in [0.3, 0.4) is 0 Å². The summed E-state index contributed by atoms with van der Waals surface area (Å²) in [6.45, 7) is 2.49. The van der Waals surface area contributed by atoms with Gasteiger partial charge in [0, 0.05) is 24.3 Å². The van der Waals surface area contributed by atoms with Crippen LogP contribution >= 0.6 is 0 Å². The quantitative estimate of drug-likeness (QED) is 0.731. The van der Waals surface area contributed by atoms with Crippen molar-refractivity contribution in [3.63, 3.8) is 0 Å². The monoisotopic (exact) mass is 405 g/mol. The number of aromatic nitrogens is 1. The van der Waals surface area contributed by atoms with Gasteiger partial charge in [-0.2, -0.15) is 5.26 Å². The van der Waals surface area contributed by atoms with Crippen molar-refractivity contribution >= 4 is 5.78 Å². The molecule has 6 nitrogen and oxygen atoms in total. The first kappa shape index (κ1) is 20.4. The summed E-state index contributed by atoms with van der Waals surface area (Å²) in [5, 5.41) is 12.8. The zero-order chi connectivity index (χ0) is 21.1. The molecule has 1 saturated carbocycles. The number of carbonyl (C=O) groups excluding carboxylic acids is 1. The Hall–Kier alpha value is -2.91. The number of ketones is 1. The Balaban J connectivity index is 1.74. The number of hydrogen-bond donors (Lipinski definition) is 1. The van der Waals surface area contributed by atoms with Gasteiger partial charge in [0.1, 0.15) is 11.6 Å². The molecule has 2 aliphatic rings. The smallest absolute Gasteiger partial charge is 0.259 e. The number of rotatable bonds is 6. The second kappa shape index (κ2) is 8.45. The number of hydrogen-bond acceptors (Lipinski definition) is 6. The topological polar surface area (TPSA) is 84.2 Å². The van der Waals surface area contributed by atoms with Gasteiger partial charge in [-0.3, -0.25) is 4.79 Å². The molecular formula is C24H27N3O3. The first-order valence-corrected chi connectivity index (χ1v) is 10.6. The van der Waals surface area contributed by atoms with E-state index in [1.54, 1.807) is 6.07 Å². The second-order valence-corrected chi connectivity index (χ2v) is 8.27. The molecule has 1 aliphatic carbocycles. The Morgan fingerprint density at radius 2 is 2.07 bits per heavy atom. The first-order valence-electron chi connectivity index (χ1n) is 10.6. The van der Waals surface area contributed by atoms with E-state index >= 15 is 0 Å². The van der Waals surface area contributed by atoms with Crippen LogP contribution in [0.1, 0.15) is 66.4 Å². The Morgan fingerprint density at radius 1 is 1.27 bits per heavy atom. The average molecular weight is 405 g/mol. The normalized spacial score (nSPS) is 23.8. The van der Waals surface area contributed by atoms with Gasteiger partial charge in [-0.25, -0.2) is 4.98 Å². The van der Waals surface area contributed by atoms with Crippen molar-refractivity contribution in [2.45, 2.75) is 56.6 Å². The first-order chi connectivity index (χ1) is 14.6. The minimum Gasteiger partial charge on any atom is -0.490 e. The fraction of sp³-hybridized carbons (Fsp3) is 0.458. The summed E-state index contributed by atoms with van der Waals surface area (Å²) < 4.78 is 11.8. The van der Waals surface area contributed by atoms with Crippen molar-refractivity contribution in [1.82, 2.24) is 10.3 Å². The highest BCUT2D eigenvalue weighted by molar-refractivity contribution is 6.04. The zero-order valence-electron chi connectivity index (χ0n) is 17.5. The summed E-state index contributed by atoms with van der Waals surface area (Å²) in [6, 6.07) is 11.9. The third-order valence-corrected chi connectivity index (χ3v) is 6.37. The molecule has 2 aromatic rings. The average Bonchev–Trinajstić information content (AvgIpc) is 2.74. The van der Waals surface area contributed by atoms with E-state index in [4.69, 9.17) is 9.47 Å². The van der Waals surface area contributed by atoms with Crippen LogP contribution in [0.15, 0.2) is 36.5 Å². The second-order valence-electron chi connectivity index (χ2n) is 8.27. The van der Waals surface area contributed by atoms with Crippen molar-refractivity contribution in [3.05, 3.63) is 53.2 Å². The number of benzene rings is 1. The molecule has 4 rings (SSSR count). The van der Waals surface area contributed by atoms with Crippen molar-refractivity contribution in [2.24, 2.45) is 0 Å². The molecule has 1 aliphatic heterocycles. The van der Waals surface area contributed by atoms with E-state index in [0.717, 1.165) is 30.4 Å². The lowest BCUT2D eigenvalue weighted by atomic mass is 9.75. The highest BCUT2D eigenvalue weighted by Crippen LogP contribution is 2.41. The molecule has 30 heavy (non-hydrogen) atoms. The Kier molecular flexibility index (Phi) is 5.74. The number of pyridine rings is 1. The molecule has 1 aromatic carbocycles. The molecule has 0 spiro atoms. The van der Waals surface area contributed by atoms with Gasteiger partial charge in [-0.1, -0.05) is 30.7 Å². The van der Waals surface area contributed by atoms with Gasteiger partial charge in [0.2, 0.25) is 5.78 Å². The van der Waals surface area contributed by atoms with E-state index in [1.807, 2.05) is 18.2 Å². The standard InChI is InChI=1S/C24H27N3O3/c1-16-10-12-24(15-27-16,30-23-21(29-2)18(14-25)11-13-26-23)22(28)20-9-4-3-8-19(20)17-6-5-7-17/h3-4,8-9,11,13,16-17,27H,5-7,10,12,15H2,1-2H3/t16-,24-/m1/s1. The van der Waals surface area contributed by atoms with Crippen molar-refractivity contribution in [1.29, 1.82) is 5.26 Å². The Morgan fingerprint density at radius 3 is 2.70 bits per heavy atom. The molecule has 1 saturated heterocycles. The van der Waals surface area contributed by atoms with Crippen LogP contribution in [0.25, 0.3) is 0 Å². The number of ether oxygens (including phenoxy) is 2. The highest BCUT2D eigenvalue weighted by atomic mass is 16.5. The lowest BCUT2D eigenvalue weighted by Gasteiger charge is -2.39. The van der Waals surface area contributed by atoms with Gasteiger partial charge in [0.15, 0.2) is 11.4 Å². The van der Waals surface area contributed by atoms with Crippen LogP contribution in [0, 0.1) is 11.3 Å². The molecule has 0 unspecified atom stereocenters. The number of nitriles is 1. The summed E-state index contributed by atoms with van der Waals surface area (Å²) in [5.41, 5.74) is 1.08. The molecule has 0 bridgehead atoms. The highest BCUT2D eigenvalue weighted by Gasteiger charge is 2.46. The lowest BCUT2D eigenvalue weighted by molar-refractivity contribution is 0.0249. The molecule has 2 heterocycles. The van der Waals surface area contributed by atoms with Crippen LogP contribution in [0.4, 0.5) is 0 Å². The largest absolute Gasteiger partial charge is 0.490 e. The van der Waals surface area contributed by atoms with Crippen LogP contribution in [0.2, 0.25) is 0 Å². The van der Waals surface area contributed by atoms with E-state index in [0.29, 0.717) is 30.5 Å². The van der Waals surface area contributed by atoms with Gasteiger partial charge in [0.05, 0.1) is 7.11 Å². The van der Waals surface area contributed by atoms with Crippen molar-refractivity contribution < 1.29 is 14.3 Å². The fourth-order valence-corrected chi connectivity index (χ4v) is 4.30. The summed E-state index contributed by atoms with van der Waals surface area (Å²) in [5.74, 6) is 0.850. The molecule has 2 atom stereocenters. The number of carbonyl (C=O) groups is 1. The molecule has 1 N–H and O–H groups in total. The van der Waals surface area contributed by atoms with Crippen LogP contribution in [-0.2, 0) is 0 Å². The van der Waals surface area contributed by atoms with Crippen LogP contribution in [0.5, 0.6) is 11.6 Å². The molecule has 6 heteroatoms. The van der Waals surface area contributed by atoms with E-state index in [1.165, 1.54) is 19.7 Å². The summed E-state index contributed by atoms with van der Waals surface area (Å²) in [4.78, 5) is 18.3. The maximum Gasteiger partial charge on any atom is 0.259 e. The van der Waals surface area contributed by atoms with Gasteiger partial charge >= 0.3 is 0 Å². The third kappa shape index (κ3) is 3.66. The van der Waals surface area contributed by atoms with Gasteiger partial charge in [-0.15, -0.1) is 0 Å². The fourth-order valence-electron chi connectivity index (χ4n) is 4.30. The van der Waals surface area contributed by atoms with E-state index in [-0.39, 0.29) is 17.4 Å². The molecule has 2 fully saturated rings. The SMILES string of the molecule is COc1c(C#N)ccnc1O[C@]1(C(=O)c2ccccc2C2CCC2)CC[C@@H](C)NC1. The van der Waals surface area contributed by atoms with Crippen LogP contribution < -0.4 is 14.8 Å². The molecule has 0 radical (unpaired) electrons. The van der Waals surface area contributed by atoms with E-state index in [2.05, 4.69) is 29.4 Å². The number of methoxy groups -OCH3 is 1. The van der Waals surface area contributed by atoms with Gasteiger partial charge < -0.3 is 14.8 Å². The third-order valence-electron chi connectivity index (χ3n) is 6.37. The molecular weight excluding hydrogens is 378 g/mol. The zero-order valence-corrected chi connectivity index (χ0v) is 17.5. The lowest BCUT2D eigenvalue weighted by Crippen LogP contribution is -2.58. The number of nitrogens with one attached hydrogen (secondary N) is 1. The van der Waals surface area contributed by atoms with E-state index < -0.39 is 5.60 Å². The maximum atomic E-state index is 14.0. The van der Waals surface area contributed by atoms with E-state index in [9.17, 15) is 10.1 Å². The Bertz CT molecular complexity index is 970. The van der Waals surface area contributed by atoms with Crippen LogP contribution in [-0.4, -0.2) is 36.1 Å². The Labute approximate surface area is 177 Å². The van der Waals surface area contributed by atoms with Gasteiger partial charge in [-0.05, 0) is 50.2 Å². The number of Topliss-reactive ketones (excluding diaryl/α,β-unsaturated/α-hetero) is 1.